The molecule has 3 N–H and O–H groups in total. The lowest BCUT2D eigenvalue weighted by Crippen LogP contribution is -2.35. The van der Waals surface area contributed by atoms with Crippen molar-refractivity contribution in [3.05, 3.63) is 53.5 Å². The highest BCUT2D eigenvalue weighted by Crippen LogP contribution is 2.29. The molecule has 0 aliphatic carbocycles. The molecule has 210 valence electrons. The van der Waals surface area contributed by atoms with Gasteiger partial charge in [-0.15, -0.1) is 0 Å². The highest BCUT2D eigenvalue weighted by molar-refractivity contribution is 5.94. The molecule has 6 atom stereocenters. The number of fused-ring (bicyclic) bond motifs is 6. The molecule has 4 heterocycles. The molecule has 0 fully saturated rings. The first-order valence-corrected chi connectivity index (χ1v) is 13.4. The molecule has 4 rings (SSSR count). The topological polar surface area (TPSA) is 165 Å². The maximum absolute atomic E-state index is 13.2. The fraction of sp³-hybridized carbons (Fsp3) is 0.556. The van der Waals surface area contributed by atoms with Gasteiger partial charge >= 0.3 is 0 Å². The lowest BCUT2D eigenvalue weighted by atomic mass is 9.98. The molecule has 0 aromatic carbocycles. The van der Waals surface area contributed by atoms with E-state index in [1.165, 1.54) is 18.8 Å². The minimum atomic E-state index is -0.618. The van der Waals surface area contributed by atoms with Crippen LogP contribution in [0.4, 0.5) is 0 Å². The van der Waals surface area contributed by atoms with E-state index in [0.717, 1.165) is 0 Å². The van der Waals surface area contributed by atoms with E-state index >= 15 is 0 Å². The standard InChI is InChI=1S/C27H36N6O6/c1-7-13(4)19-25-28-17(10-37-25)23(35)32-21(15(6)9-3)27-30-18(12-39-27)24(36)33-20(14(5)8-2)26-29-16(11-38-26)22(34)31-19/h10-15,19-21H,7-9H2,1-6H3,(H,31,34)(H,32,35)(H,33,36)/t13-,14-,15-,19-,20-,21-/m0/s1. The molecule has 3 amide bonds. The van der Waals surface area contributed by atoms with E-state index in [0.29, 0.717) is 19.3 Å². The summed E-state index contributed by atoms with van der Waals surface area (Å²) in [4.78, 5) is 52.8. The molecule has 3 aromatic heterocycles. The first-order valence-electron chi connectivity index (χ1n) is 13.4. The van der Waals surface area contributed by atoms with Gasteiger partial charge in [-0.2, -0.15) is 0 Å². The van der Waals surface area contributed by atoms with Crippen LogP contribution in [0, 0.1) is 17.8 Å². The van der Waals surface area contributed by atoms with Crippen LogP contribution in [0.2, 0.25) is 0 Å². The third kappa shape index (κ3) is 5.89. The zero-order valence-electron chi connectivity index (χ0n) is 23.1. The minimum Gasteiger partial charge on any atom is -0.446 e. The van der Waals surface area contributed by atoms with E-state index < -0.39 is 35.8 Å². The Morgan fingerprint density at radius 1 is 0.590 bits per heavy atom. The zero-order chi connectivity index (χ0) is 28.3. The predicted octanol–water partition coefficient (Wildman–Crippen LogP) is 4.52. The summed E-state index contributed by atoms with van der Waals surface area (Å²) in [7, 11) is 0. The van der Waals surface area contributed by atoms with Crippen molar-refractivity contribution in [2.75, 3.05) is 0 Å². The summed E-state index contributed by atoms with van der Waals surface area (Å²) in [6.45, 7) is 11.8. The number of nitrogens with one attached hydrogen (secondary N) is 3. The summed E-state index contributed by atoms with van der Waals surface area (Å²) < 4.78 is 17.0. The number of aromatic nitrogens is 3. The predicted molar refractivity (Wildman–Crippen MR) is 138 cm³/mol. The Morgan fingerprint density at radius 3 is 1.08 bits per heavy atom. The third-order valence-electron chi connectivity index (χ3n) is 7.56. The average molecular weight is 541 g/mol. The fourth-order valence-electron chi connectivity index (χ4n) is 4.30. The van der Waals surface area contributed by atoms with E-state index in [-0.39, 0.29) is 52.5 Å². The number of hydrogen-bond acceptors (Lipinski definition) is 9. The molecule has 1 aliphatic rings. The molecule has 12 nitrogen and oxygen atoms in total. The van der Waals surface area contributed by atoms with Crippen LogP contribution in [-0.2, 0) is 0 Å². The monoisotopic (exact) mass is 540 g/mol. The van der Waals surface area contributed by atoms with Crippen molar-refractivity contribution in [3.63, 3.8) is 0 Å². The van der Waals surface area contributed by atoms with Crippen LogP contribution in [0.5, 0.6) is 0 Å². The maximum atomic E-state index is 13.2. The molecule has 0 spiro atoms. The summed E-state index contributed by atoms with van der Waals surface area (Å²) in [5, 5.41) is 8.76. The lowest BCUT2D eigenvalue weighted by Gasteiger charge is -2.22. The van der Waals surface area contributed by atoms with Gasteiger partial charge in [-0.1, -0.05) is 60.8 Å². The molecule has 1 aliphatic heterocycles. The normalized spacial score (nSPS) is 22.6. The van der Waals surface area contributed by atoms with Crippen molar-refractivity contribution in [2.24, 2.45) is 17.8 Å². The van der Waals surface area contributed by atoms with Crippen molar-refractivity contribution in [3.8, 4) is 0 Å². The van der Waals surface area contributed by atoms with Crippen molar-refractivity contribution in [2.45, 2.75) is 78.9 Å². The van der Waals surface area contributed by atoms with E-state index in [1.54, 1.807) is 0 Å². The molecular weight excluding hydrogens is 504 g/mol. The number of hydrogen-bond donors (Lipinski definition) is 3. The van der Waals surface area contributed by atoms with Gasteiger partial charge in [0.15, 0.2) is 17.1 Å². The average Bonchev–Trinajstić information content (AvgIpc) is 3.72. The Labute approximate surface area is 226 Å². The Morgan fingerprint density at radius 2 is 0.846 bits per heavy atom. The van der Waals surface area contributed by atoms with Crippen LogP contribution < -0.4 is 16.0 Å². The third-order valence-corrected chi connectivity index (χ3v) is 7.56. The lowest BCUT2D eigenvalue weighted by molar-refractivity contribution is 0.0903. The second-order valence-electron chi connectivity index (χ2n) is 10.2. The van der Waals surface area contributed by atoms with E-state index in [4.69, 9.17) is 13.3 Å². The van der Waals surface area contributed by atoms with Crippen LogP contribution in [0.25, 0.3) is 0 Å². The Hall–Kier alpha value is -3.96. The van der Waals surface area contributed by atoms with Gasteiger partial charge in [0.05, 0.1) is 0 Å². The summed E-state index contributed by atoms with van der Waals surface area (Å²) >= 11 is 0. The van der Waals surface area contributed by atoms with Crippen molar-refractivity contribution < 1.29 is 27.6 Å². The number of oxazole rings is 3. The Kier molecular flexibility index (Phi) is 8.51. The molecule has 0 saturated carbocycles. The van der Waals surface area contributed by atoms with Crippen LogP contribution in [0.3, 0.4) is 0 Å². The molecule has 6 bridgehead atoms. The summed E-state index contributed by atoms with van der Waals surface area (Å²) in [6, 6.07) is -1.85. The number of rotatable bonds is 6. The van der Waals surface area contributed by atoms with E-state index in [9.17, 15) is 14.4 Å². The summed E-state index contributed by atoms with van der Waals surface area (Å²) in [5.74, 6) is -1.06. The first-order chi connectivity index (χ1) is 18.7. The van der Waals surface area contributed by atoms with Crippen molar-refractivity contribution in [1.29, 1.82) is 0 Å². The molecule has 3 aromatic rings. The summed E-state index contributed by atoms with van der Waals surface area (Å²) in [6.07, 6.45) is 5.91. The van der Waals surface area contributed by atoms with Crippen molar-refractivity contribution in [1.82, 2.24) is 30.9 Å². The second-order valence-corrected chi connectivity index (χ2v) is 10.2. The largest absolute Gasteiger partial charge is 0.446 e. The first kappa shape index (κ1) is 28.1. The molecule has 0 saturated heterocycles. The second kappa shape index (κ2) is 11.8. The van der Waals surface area contributed by atoms with Gasteiger partial charge in [0.2, 0.25) is 17.7 Å². The van der Waals surface area contributed by atoms with Gasteiger partial charge in [0.1, 0.15) is 36.9 Å². The van der Waals surface area contributed by atoms with Gasteiger partial charge in [-0.05, 0) is 17.8 Å². The maximum Gasteiger partial charge on any atom is 0.273 e. The number of carbonyl (C=O) groups is 3. The van der Waals surface area contributed by atoms with Gasteiger partial charge in [0.25, 0.3) is 17.7 Å². The van der Waals surface area contributed by atoms with Gasteiger partial charge < -0.3 is 29.2 Å². The van der Waals surface area contributed by atoms with Gasteiger partial charge in [-0.25, -0.2) is 15.0 Å². The highest BCUT2D eigenvalue weighted by Gasteiger charge is 2.33. The van der Waals surface area contributed by atoms with E-state index in [1.807, 2.05) is 41.5 Å². The Bertz CT molecular complexity index is 1150. The SMILES string of the molecule is CC[C@H](C)[C@@H]1NC(=O)c2coc(n2)[C@H]([C@@H](C)CC)NC(=O)c2coc(n2)[C@H]([C@@H](C)CC)NC(=O)c2coc1n2. The van der Waals surface area contributed by atoms with Crippen molar-refractivity contribution >= 4 is 17.7 Å². The minimum absolute atomic E-state index is 0.0478. The van der Waals surface area contributed by atoms with Gasteiger partial charge in [-0.3, -0.25) is 14.4 Å². The Balaban J connectivity index is 1.80. The quantitative estimate of drug-likeness (QED) is 0.407. The highest BCUT2D eigenvalue weighted by atomic mass is 16.4. The number of carbonyl (C=O) groups excluding carboxylic acids is 3. The molecule has 39 heavy (non-hydrogen) atoms. The van der Waals surface area contributed by atoms with Crippen LogP contribution >= 0.6 is 0 Å². The fourth-order valence-corrected chi connectivity index (χ4v) is 4.30. The van der Waals surface area contributed by atoms with Crippen LogP contribution in [-0.4, -0.2) is 32.7 Å². The molecule has 12 heteroatoms. The van der Waals surface area contributed by atoms with Crippen LogP contribution in [0.15, 0.2) is 32.0 Å². The molecular formula is C27H36N6O6. The van der Waals surface area contributed by atoms with E-state index in [2.05, 4.69) is 30.9 Å². The zero-order valence-corrected chi connectivity index (χ0v) is 23.1. The molecule has 0 radical (unpaired) electrons. The van der Waals surface area contributed by atoms with Gasteiger partial charge in [0, 0.05) is 0 Å². The number of nitrogens with zero attached hydrogens (tertiary/aromatic N) is 3. The summed E-state index contributed by atoms with van der Waals surface area (Å²) in [5.41, 5.74) is 0.143. The number of amides is 3. The van der Waals surface area contributed by atoms with Crippen LogP contribution in [0.1, 0.15) is 128 Å². The smallest absolute Gasteiger partial charge is 0.273 e. The molecule has 0 unspecified atom stereocenters.